The fourth-order valence-corrected chi connectivity index (χ4v) is 1.15. The van der Waals surface area contributed by atoms with Crippen LogP contribution in [-0.4, -0.2) is 21.4 Å². The number of hydrogen-bond acceptors (Lipinski definition) is 3. The minimum atomic E-state index is 0.413. The second-order valence-corrected chi connectivity index (χ2v) is 2.74. The normalized spacial score (nSPS) is 10.1. The molecule has 4 heteroatoms. The number of ether oxygens (including phenoxy) is 1. The number of hydrogen-bond donors (Lipinski definition) is 0. The summed E-state index contributed by atoms with van der Waals surface area (Å²) >= 11 is 0. The van der Waals surface area contributed by atoms with Crippen LogP contribution in [0.3, 0.4) is 0 Å². The molecule has 1 aromatic carbocycles. The van der Waals surface area contributed by atoms with E-state index in [1.807, 2.05) is 37.3 Å². The Balaban J connectivity index is 2.25. The van der Waals surface area contributed by atoms with Gasteiger partial charge in [0.15, 0.2) is 0 Å². The van der Waals surface area contributed by atoms with E-state index in [9.17, 15) is 0 Å². The maximum Gasteiger partial charge on any atom is 0.335 e. The van der Waals surface area contributed by atoms with Crippen LogP contribution in [-0.2, 0) is 0 Å². The molecule has 0 atom stereocenters. The SMILES string of the molecule is CCOc1ncn(-c2ccccc2)n1. The van der Waals surface area contributed by atoms with E-state index in [0.29, 0.717) is 12.6 Å². The van der Waals surface area contributed by atoms with Crippen molar-refractivity contribution in [1.29, 1.82) is 0 Å². The minimum absolute atomic E-state index is 0.413. The Labute approximate surface area is 82.2 Å². The van der Waals surface area contributed by atoms with Gasteiger partial charge < -0.3 is 4.74 Å². The fourth-order valence-electron chi connectivity index (χ4n) is 1.15. The van der Waals surface area contributed by atoms with Crippen LogP contribution in [0.25, 0.3) is 5.69 Å². The van der Waals surface area contributed by atoms with Gasteiger partial charge in [0.25, 0.3) is 0 Å². The Morgan fingerprint density at radius 1 is 1.29 bits per heavy atom. The second-order valence-electron chi connectivity index (χ2n) is 2.74. The predicted molar refractivity (Wildman–Crippen MR) is 52.5 cm³/mol. The third-order valence-corrected chi connectivity index (χ3v) is 1.77. The van der Waals surface area contributed by atoms with Crippen molar-refractivity contribution in [2.75, 3.05) is 6.61 Å². The molecule has 0 saturated heterocycles. The molecule has 0 aliphatic carbocycles. The molecule has 0 N–H and O–H groups in total. The summed E-state index contributed by atoms with van der Waals surface area (Å²) in [5.74, 6) is 0. The summed E-state index contributed by atoms with van der Waals surface area (Å²) < 4.78 is 6.85. The van der Waals surface area contributed by atoms with Crippen molar-refractivity contribution in [2.24, 2.45) is 0 Å². The summed E-state index contributed by atoms with van der Waals surface area (Å²) in [7, 11) is 0. The zero-order valence-electron chi connectivity index (χ0n) is 7.92. The van der Waals surface area contributed by atoms with E-state index in [2.05, 4.69) is 10.1 Å². The molecule has 0 aliphatic heterocycles. The van der Waals surface area contributed by atoms with Gasteiger partial charge in [-0.2, -0.15) is 4.98 Å². The van der Waals surface area contributed by atoms with Gasteiger partial charge in [0.1, 0.15) is 6.33 Å². The number of rotatable bonds is 3. The van der Waals surface area contributed by atoms with Crippen LogP contribution in [0.1, 0.15) is 6.92 Å². The molecule has 0 saturated carbocycles. The summed E-state index contributed by atoms with van der Waals surface area (Å²) in [5, 5.41) is 4.15. The van der Waals surface area contributed by atoms with Gasteiger partial charge in [-0.1, -0.05) is 18.2 Å². The van der Waals surface area contributed by atoms with Gasteiger partial charge in [0.2, 0.25) is 0 Å². The number of nitrogens with zero attached hydrogens (tertiary/aromatic N) is 3. The van der Waals surface area contributed by atoms with Gasteiger partial charge in [-0.25, -0.2) is 4.68 Å². The van der Waals surface area contributed by atoms with Gasteiger partial charge in [-0.15, -0.1) is 5.10 Å². The van der Waals surface area contributed by atoms with E-state index in [-0.39, 0.29) is 0 Å². The molecule has 4 nitrogen and oxygen atoms in total. The summed E-state index contributed by atoms with van der Waals surface area (Å²) in [5.41, 5.74) is 0.978. The van der Waals surface area contributed by atoms with E-state index < -0.39 is 0 Å². The Hall–Kier alpha value is -1.84. The average molecular weight is 189 g/mol. The van der Waals surface area contributed by atoms with Gasteiger partial charge in [0, 0.05) is 0 Å². The maximum atomic E-state index is 5.16. The molecule has 1 heterocycles. The molecule has 0 aliphatic rings. The molecular weight excluding hydrogens is 178 g/mol. The second kappa shape index (κ2) is 3.91. The van der Waals surface area contributed by atoms with Crippen LogP contribution in [0.2, 0.25) is 0 Å². The first-order valence-corrected chi connectivity index (χ1v) is 4.50. The lowest BCUT2D eigenvalue weighted by Gasteiger charge is -1.97. The highest BCUT2D eigenvalue weighted by Gasteiger charge is 2.01. The van der Waals surface area contributed by atoms with Crippen LogP contribution in [0, 0.1) is 0 Å². The van der Waals surface area contributed by atoms with Crippen molar-refractivity contribution in [3.63, 3.8) is 0 Å². The summed E-state index contributed by atoms with van der Waals surface area (Å²) in [6.07, 6.45) is 1.64. The Morgan fingerprint density at radius 2 is 2.07 bits per heavy atom. The highest BCUT2D eigenvalue weighted by atomic mass is 16.5. The van der Waals surface area contributed by atoms with Gasteiger partial charge >= 0.3 is 6.01 Å². The van der Waals surface area contributed by atoms with Gasteiger partial charge in [0.05, 0.1) is 12.3 Å². The first-order chi connectivity index (χ1) is 6.90. The molecule has 0 fully saturated rings. The number of para-hydroxylation sites is 1. The van der Waals surface area contributed by atoms with E-state index in [1.165, 1.54) is 0 Å². The van der Waals surface area contributed by atoms with Crippen molar-refractivity contribution in [3.05, 3.63) is 36.7 Å². The number of benzene rings is 1. The van der Waals surface area contributed by atoms with E-state index >= 15 is 0 Å². The summed E-state index contributed by atoms with van der Waals surface area (Å²) in [6.45, 7) is 2.49. The Kier molecular flexibility index (Phi) is 2.44. The zero-order valence-corrected chi connectivity index (χ0v) is 7.92. The predicted octanol–water partition coefficient (Wildman–Crippen LogP) is 1.67. The molecule has 0 amide bonds. The highest BCUT2D eigenvalue weighted by Crippen LogP contribution is 2.07. The van der Waals surface area contributed by atoms with E-state index in [0.717, 1.165) is 5.69 Å². The first-order valence-electron chi connectivity index (χ1n) is 4.50. The Morgan fingerprint density at radius 3 is 2.79 bits per heavy atom. The zero-order chi connectivity index (χ0) is 9.80. The van der Waals surface area contributed by atoms with Gasteiger partial charge in [-0.3, -0.25) is 0 Å². The standard InChI is InChI=1S/C10H11N3O/c1-2-14-10-11-8-13(12-10)9-6-4-3-5-7-9/h3-8H,2H2,1H3. The molecule has 0 spiro atoms. The molecule has 0 unspecified atom stereocenters. The van der Waals surface area contributed by atoms with Crippen LogP contribution in [0.15, 0.2) is 36.7 Å². The lowest BCUT2D eigenvalue weighted by atomic mass is 10.3. The molecule has 0 bridgehead atoms. The summed E-state index contributed by atoms with van der Waals surface area (Å²) in [6, 6.07) is 10.2. The van der Waals surface area contributed by atoms with Crippen LogP contribution >= 0.6 is 0 Å². The van der Waals surface area contributed by atoms with Crippen molar-refractivity contribution in [2.45, 2.75) is 6.92 Å². The highest BCUT2D eigenvalue weighted by molar-refractivity contribution is 5.29. The van der Waals surface area contributed by atoms with Crippen molar-refractivity contribution >= 4 is 0 Å². The van der Waals surface area contributed by atoms with E-state index in [4.69, 9.17) is 4.74 Å². The number of aromatic nitrogens is 3. The average Bonchev–Trinajstić information content (AvgIpc) is 2.68. The van der Waals surface area contributed by atoms with E-state index in [1.54, 1.807) is 11.0 Å². The lowest BCUT2D eigenvalue weighted by Crippen LogP contribution is -1.96. The lowest BCUT2D eigenvalue weighted by molar-refractivity contribution is 0.312. The molecular formula is C10H11N3O. The Bertz CT molecular complexity index is 397. The van der Waals surface area contributed by atoms with Crippen LogP contribution in [0.4, 0.5) is 0 Å². The van der Waals surface area contributed by atoms with Crippen molar-refractivity contribution in [3.8, 4) is 11.7 Å². The van der Waals surface area contributed by atoms with Crippen LogP contribution in [0.5, 0.6) is 6.01 Å². The van der Waals surface area contributed by atoms with Crippen LogP contribution < -0.4 is 4.74 Å². The monoisotopic (exact) mass is 189 g/mol. The topological polar surface area (TPSA) is 39.9 Å². The fraction of sp³-hybridized carbons (Fsp3) is 0.200. The molecule has 1 aromatic heterocycles. The third kappa shape index (κ3) is 1.74. The molecule has 2 aromatic rings. The molecule has 2 rings (SSSR count). The largest absolute Gasteiger partial charge is 0.463 e. The molecule has 72 valence electrons. The third-order valence-electron chi connectivity index (χ3n) is 1.77. The van der Waals surface area contributed by atoms with Crippen molar-refractivity contribution < 1.29 is 4.74 Å². The molecule has 0 radical (unpaired) electrons. The summed E-state index contributed by atoms with van der Waals surface area (Å²) in [4.78, 5) is 4.01. The maximum absolute atomic E-state index is 5.16. The van der Waals surface area contributed by atoms with Gasteiger partial charge in [-0.05, 0) is 19.1 Å². The molecule has 14 heavy (non-hydrogen) atoms. The smallest absolute Gasteiger partial charge is 0.335 e. The minimum Gasteiger partial charge on any atom is -0.463 e. The van der Waals surface area contributed by atoms with Crippen molar-refractivity contribution in [1.82, 2.24) is 14.8 Å². The quantitative estimate of drug-likeness (QED) is 0.737. The first kappa shape index (κ1) is 8.74.